The molecule has 1 unspecified atom stereocenters. The number of carbonyl (C=O) groups is 1. The fourth-order valence-electron chi connectivity index (χ4n) is 2.35. The second-order valence-electron chi connectivity index (χ2n) is 5.34. The van der Waals surface area contributed by atoms with E-state index < -0.39 is 40.1 Å². The molecule has 0 spiro atoms. The quantitative estimate of drug-likeness (QED) is 0.469. The van der Waals surface area contributed by atoms with Gasteiger partial charge < -0.3 is 4.74 Å². The minimum Gasteiger partial charge on any atom is -0.447 e. The lowest BCUT2D eigenvalue weighted by Crippen LogP contribution is -2.15. The van der Waals surface area contributed by atoms with Gasteiger partial charge in [-0.2, -0.15) is 0 Å². The monoisotopic (exact) mass is 377 g/mol. The third kappa shape index (κ3) is 3.86. The highest BCUT2D eigenvalue weighted by molar-refractivity contribution is 6.30. The number of pyridine rings is 1. The molecule has 0 N–H and O–H groups in total. The van der Waals surface area contributed by atoms with Crippen molar-refractivity contribution in [2.75, 3.05) is 0 Å². The van der Waals surface area contributed by atoms with Gasteiger partial charge >= 0.3 is 5.97 Å². The third-order valence-corrected chi connectivity index (χ3v) is 3.85. The number of hydrogen-bond acceptors (Lipinski definition) is 3. The molecular formula is C19H11ClF3NO2. The molecule has 2 aromatic carbocycles. The van der Waals surface area contributed by atoms with Gasteiger partial charge in [-0.15, -0.1) is 0 Å². The van der Waals surface area contributed by atoms with E-state index in [-0.39, 0.29) is 0 Å². The van der Waals surface area contributed by atoms with Crippen LogP contribution in [-0.2, 0) is 4.74 Å². The molecule has 26 heavy (non-hydrogen) atoms. The molecule has 0 aliphatic carbocycles. The van der Waals surface area contributed by atoms with Gasteiger partial charge in [-0.05, 0) is 36.4 Å². The van der Waals surface area contributed by atoms with Gasteiger partial charge in [-0.1, -0.05) is 29.8 Å². The van der Waals surface area contributed by atoms with Crippen molar-refractivity contribution >= 4 is 17.6 Å². The first kappa shape index (κ1) is 17.9. The molecule has 3 rings (SSSR count). The first-order chi connectivity index (χ1) is 12.5. The molecule has 0 radical (unpaired) electrons. The summed E-state index contributed by atoms with van der Waals surface area (Å²) in [6, 6.07) is 11.6. The van der Waals surface area contributed by atoms with Gasteiger partial charge in [-0.3, -0.25) is 4.98 Å². The zero-order valence-electron chi connectivity index (χ0n) is 13.1. The van der Waals surface area contributed by atoms with E-state index in [1.807, 2.05) is 0 Å². The second kappa shape index (κ2) is 7.58. The lowest BCUT2D eigenvalue weighted by molar-refractivity contribution is 0.0364. The average Bonchev–Trinajstić information content (AvgIpc) is 2.63. The molecule has 0 saturated carbocycles. The van der Waals surface area contributed by atoms with Gasteiger partial charge in [0.25, 0.3) is 0 Å². The maximum atomic E-state index is 14.0. The SMILES string of the molecule is O=C(OC(c1cccc(F)c1)c1ccccn1)c1cc(F)c(Cl)cc1F. The zero-order chi connectivity index (χ0) is 18.7. The lowest BCUT2D eigenvalue weighted by Gasteiger charge is -2.18. The Morgan fingerprint density at radius 2 is 1.81 bits per heavy atom. The van der Waals surface area contributed by atoms with Gasteiger partial charge in [0.15, 0.2) is 6.10 Å². The summed E-state index contributed by atoms with van der Waals surface area (Å²) in [5.41, 5.74) is -0.0163. The first-order valence-corrected chi connectivity index (χ1v) is 7.85. The Hall–Kier alpha value is -2.86. The maximum Gasteiger partial charge on any atom is 0.342 e. The van der Waals surface area contributed by atoms with Crippen LogP contribution in [0.25, 0.3) is 0 Å². The fraction of sp³-hybridized carbons (Fsp3) is 0.0526. The number of esters is 1. The van der Waals surface area contributed by atoms with E-state index in [1.165, 1.54) is 30.5 Å². The standard InChI is InChI=1S/C19H11ClF3NO2/c20-14-10-15(22)13(9-16(14)23)19(25)26-18(17-6-1-2-7-24-17)11-4-3-5-12(21)8-11/h1-10,18H. The van der Waals surface area contributed by atoms with Crippen molar-refractivity contribution in [3.8, 4) is 0 Å². The van der Waals surface area contributed by atoms with Crippen molar-refractivity contribution in [2.45, 2.75) is 6.10 Å². The Morgan fingerprint density at radius 1 is 1.00 bits per heavy atom. The zero-order valence-corrected chi connectivity index (χ0v) is 13.9. The smallest absolute Gasteiger partial charge is 0.342 e. The number of benzene rings is 2. The van der Waals surface area contributed by atoms with Crippen molar-refractivity contribution in [3.05, 3.63) is 100 Å². The minimum absolute atomic E-state index is 0.298. The third-order valence-electron chi connectivity index (χ3n) is 3.56. The van der Waals surface area contributed by atoms with Crippen molar-refractivity contribution in [2.24, 2.45) is 0 Å². The van der Waals surface area contributed by atoms with Gasteiger partial charge in [0, 0.05) is 11.8 Å². The van der Waals surface area contributed by atoms with Crippen molar-refractivity contribution in [1.29, 1.82) is 0 Å². The fourth-order valence-corrected chi connectivity index (χ4v) is 2.50. The number of nitrogens with zero attached hydrogens (tertiary/aromatic N) is 1. The number of aromatic nitrogens is 1. The van der Waals surface area contributed by atoms with Crippen LogP contribution in [0.3, 0.4) is 0 Å². The van der Waals surface area contributed by atoms with Crippen LogP contribution in [0, 0.1) is 17.5 Å². The molecule has 0 fully saturated rings. The Balaban J connectivity index is 1.99. The summed E-state index contributed by atoms with van der Waals surface area (Å²) in [4.78, 5) is 16.5. The molecule has 0 aliphatic heterocycles. The highest BCUT2D eigenvalue weighted by Gasteiger charge is 2.24. The van der Waals surface area contributed by atoms with Crippen molar-refractivity contribution < 1.29 is 22.7 Å². The average molecular weight is 378 g/mol. The van der Waals surface area contributed by atoms with E-state index in [0.29, 0.717) is 23.4 Å². The Labute approximate surface area is 152 Å². The lowest BCUT2D eigenvalue weighted by atomic mass is 10.1. The molecule has 0 aliphatic rings. The van der Waals surface area contributed by atoms with E-state index in [9.17, 15) is 18.0 Å². The molecule has 7 heteroatoms. The molecule has 3 aromatic rings. The van der Waals surface area contributed by atoms with Gasteiger partial charge in [0.1, 0.15) is 17.5 Å². The van der Waals surface area contributed by atoms with Gasteiger partial charge in [-0.25, -0.2) is 18.0 Å². The number of carbonyl (C=O) groups excluding carboxylic acids is 1. The molecule has 3 nitrogen and oxygen atoms in total. The number of hydrogen-bond donors (Lipinski definition) is 0. The molecule has 1 heterocycles. The highest BCUT2D eigenvalue weighted by Crippen LogP contribution is 2.28. The summed E-state index contributed by atoms with van der Waals surface area (Å²) in [6.07, 6.45) is 0.371. The van der Waals surface area contributed by atoms with Crippen LogP contribution in [0.2, 0.25) is 5.02 Å². The summed E-state index contributed by atoms with van der Waals surface area (Å²) in [6.45, 7) is 0. The molecule has 0 amide bonds. The summed E-state index contributed by atoms with van der Waals surface area (Å²) in [7, 11) is 0. The van der Waals surface area contributed by atoms with Crippen LogP contribution >= 0.6 is 11.6 Å². The normalized spacial score (nSPS) is 11.8. The van der Waals surface area contributed by atoms with E-state index >= 15 is 0 Å². The molecule has 1 aromatic heterocycles. The van der Waals surface area contributed by atoms with E-state index in [1.54, 1.807) is 18.2 Å². The maximum absolute atomic E-state index is 14.0. The number of rotatable bonds is 4. The topological polar surface area (TPSA) is 39.2 Å². The first-order valence-electron chi connectivity index (χ1n) is 7.47. The summed E-state index contributed by atoms with van der Waals surface area (Å²) >= 11 is 5.49. The molecule has 0 saturated heterocycles. The Kier molecular flexibility index (Phi) is 5.23. The minimum atomic E-state index is -1.13. The Bertz CT molecular complexity index is 951. The largest absolute Gasteiger partial charge is 0.447 e. The second-order valence-corrected chi connectivity index (χ2v) is 5.75. The highest BCUT2D eigenvalue weighted by atomic mass is 35.5. The van der Waals surface area contributed by atoms with Crippen molar-refractivity contribution in [3.63, 3.8) is 0 Å². The van der Waals surface area contributed by atoms with Crippen LogP contribution in [0.15, 0.2) is 60.8 Å². The molecule has 0 bridgehead atoms. The molecule has 132 valence electrons. The Morgan fingerprint density at radius 3 is 2.50 bits per heavy atom. The van der Waals surface area contributed by atoms with Gasteiger partial charge in [0.2, 0.25) is 0 Å². The molecular weight excluding hydrogens is 367 g/mol. The van der Waals surface area contributed by atoms with Crippen LogP contribution in [-0.4, -0.2) is 11.0 Å². The summed E-state index contributed by atoms with van der Waals surface area (Å²) < 4.78 is 46.5. The van der Waals surface area contributed by atoms with Gasteiger partial charge in [0.05, 0.1) is 16.3 Å². The van der Waals surface area contributed by atoms with E-state index in [4.69, 9.17) is 16.3 Å². The summed E-state index contributed by atoms with van der Waals surface area (Å²) in [5, 5.41) is -0.453. The summed E-state index contributed by atoms with van der Waals surface area (Å²) in [5.74, 6) is -3.65. The molecule has 1 atom stereocenters. The van der Waals surface area contributed by atoms with Crippen molar-refractivity contribution in [1.82, 2.24) is 4.98 Å². The number of halogens is 4. The predicted molar refractivity (Wildman–Crippen MR) is 89.3 cm³/mol. The number of ether oxygens (including phenoxy) is 1. The van der Waals surface area contributed by atoms with Crippen LogP contribution in [0.4, 0.5) is 13.2 Å². The van der Waals surface area contributed by atoms with Crippen LogP contribution < -0.4 is 0 Å². The van der Waals surface area contributed by atoms with E-state index in [0.717, 1.165) is 0 Å². The van der Waals surface area contributed by atoms with Crippen LogP contribution in [0.5, 0.6) is 0 Å². The van der Waals surface area contributed by atoms with E-state index in [2.05, 4.69) is 4.98 Å². The predicted octanol–water partition coefficient (Wildman–Crippen LogP) is 5.10. The van der Waals surface area contributed by atoms with Crippen LogP contribution in [0.1, 0.15) is 27.7 Å².